The summed E-state index contributed by atoms with van der Waals surface area (Å²) < 4.78 is 0. The Kier molecular flexibility index (Phi) is 4.23. The number of rotatable bonds is 3. The van der Waals surface area contributed by atoms with Crippen LogP contribution in [0.2, 0.25) is 5.02 Å². The van der Waals surface area contributed by atoms with Crippen molar-refractivity contribution in [3.8, 4) is 0 Å². The SMILES string of the molecule is O=C1c2ccccc2C(=O)C1C(=Nc1ccccc1Cl)c1ccccc1. The van der Waals surface area contributed by atoms with Crippen LogP contribution >= 0.6 is 11.6 Å². The van der Waals surface area contributed by atoms with E-state index < -0.39 is 5.92 Å². The lowest BCUT2D eigenvalue weighted by Gasteiger charge is -2.13. The summed E-state index contributed by atoms with van der Waals surface area (Å²) in [5.41, 5.74) is 2.58. The van der Waals surface area contributed by atoms with Gasteiger partial charge in [0.15, 0.2) is 11.6 Å². The lowest BCUT2D eigenvalue weighted by Crippen LogP contribution is -2.26. The summed E-state index contributed by atoms with van der Waals surface area (Å²) >= 11 is 6.25. The van der Waals surface area contributed by atoms with Gasteiger partial charge in [-0.2, -0.15) is 0 Å². The number of ketones is 2. The van der Waals surface area contributed by atoms with Crippen LogP contribution in [0.15, 0.2) is 83.9 Å². The predicted octanol–water partition coefficient (Wildman–Crippen LogP) is 5.16. The molecule has 0 amide bonds. The second kappa shape index (κ2) is 6.70. The fourth-order valence-electron chi connectivity index (χ4n) is 3.17. The number of aliphatic imine (C=N–C) groups is 1. The molecule has 4 rings (SSSR count). The Labute approximate surface area is 156 Å². The molecule has 3 aromatic rings. The number of carbonyl (C=O) groups excluding carboxylic acids is 2. The summed E-state index contributed by atoms with van der Waals surface area (Å²) in [4.78, 5) is 30.6. The topological polar surface area (TPSA) is 46.5 Å². The standard InChI is InChI=1S/C22H14ClNO2/c23-17-12-6-7-13-18(17)24-20(14-8-2-1-3-9-14)19-21(25)15-10-4-5-11-16(15)22(19)26/h1-13,19H. The fourth-order valence-corrected chi connectivity index (χ4v) is 3.35. The van der Waals surface area contributed by atoms with Gasteiger partial charge in [0, 0.05) is 11.1 Å². The number of benzene rings is 3. The van der Waals surface area contributed by atoms with Crippen molar-refractivity contribution in [1.82, 2.24) is 0 Å². The molecule has 0 aromatic heterocycles. The number of nitrogens with zero attached hydrogens (tertiary/aromatic N) is 1. The van der Waals surface area contributed by atoms with E-state index in [0.29, 0.717) is 27.5 Å². The fraction of sp³-hybridized carbons (Fsp3) is 0.0455. The molecular formula is C22H14ClNO2. The van der Waals surface area contributed by atoms with E-state index >= 15 is 0 Å². The van der Waals surface area contributed by atoms with Crippen LogP contribution in [0.1, 0.15) is 26.3 Å². The third kappa shape index (κ3) is 2.76. The zero-order valence-corrected chi connectivity index (χ0v) is 14.5. The van der Waals surface area contributed by atoms with Crippen LogP contribution in [0.4, 0.5) is 5.69 Å². The summed E-state index contributed by atoms with van der Waals surface area (Å²) in [6.07, 6.45) is 0. The number of fused-ring (bicyclic) bond motifs is 1. The highest BCUT2D eigenvalue weighted by Crippen LogP contribution is 2.32. The highest BCUT2D eigenvalue weighted by Gasteiger charge is 2.42. The molecule has 0 atom stereocenters. The van der Waals surface area contributed by atoms with E-state index in [0.717, 1.165) is 5.56 Å². The Morgan fingerprint density at radius 2 is 1.27 bits per heavy atom. The second-order valence-electron chi connectivity index (χ2n) is 6.02. The molecule has 0 saturated heterocycles. The first-order valence-electron chi connectivity index (χ1n) is 8.23. The first-order valence-corrected chi connectivity index (χ1v) is 8.60. The molecule has 0 heterocycles. The molecule has 26 heavy (non-hydrogen) atoms. The van der Waals surface area contributed by atoms with Gasteiger partial charge in [-0.25, -0.2) is 0 Å². The normalized spacial score (nSPS) is 14.6. The molecular weight excluding hydrogens is 346 g/mol. The van der Waals surface area contributed by atoms with Crippen LogP contribution in [0.5, 0.6) is 0 Å². The second-order valence-corrected chi connectivity index (χ2v) is 6.43. The molecule has 0 spiro atoms. The van der Waals surface area contributed by atoms with Gasteiger partial charge in [-0.05, 0) is 17.7 Å². The van der Waals surface area contributed by atoms with Crippen LogP contribution in [0.25, 0.3) is 0 Å². The molecule has 3 nitrogen and oxygen atoms in total. The molecule has 0 aliphatic heterocycles. The monoisotopic (exact) mass is 359 g/mol. The smallest absolute Gasteiger partial charge is 0.180 e. The molecule has 1 aliphatic rings. The molecule has 1 aliphatic carbocycles. The lowest BCUT2D eigenvalue weighted by atomic mass is 9.92. The van der Waals surface area contributed by atoms with Gasteiger partial charge in [-0.1, -0.05) is 78.3 Å². The maximum atomic E-state index is 13.0. The van der Waals surface area contributed by atoms with E-state index in [9.17, 15) is 9.59 Å². The summed E-state index contributed by atoms with van der Waals surface area (Å²) in [5.74, 6) is -1.40. The van der Waals surface area contributed by atoms with E-state index in [1.807, 2.05) is 42.5 Å². The molecule has 4 heteroatoms. The molecule has 0 bridgehead atoms. The van der Waals surface area contributed by atoms with Crippen molar-refractivity contribution in [2.45, 2.75) is 0 Å². The molecule has 0 N–H and O–H groups in total. The third-order valence-electron chi connectivity index (χ3n) is 4.42. The average molecular weight is 360 g/mol. The minimum atomic E-state index is -0.953. The Balaban J connectivity index is 1.90. The van der Waals surface area contributed by atoms with Crippen molar-refractivity contribution >= 4 is 34.6 Å². The summed E-state index contributed by atoms with van der Waals surface area (Å²) in [7, 11) is 0. The molecule has 3 aromatic carbocycles. The molecule has 0 radical (unpaired) electrons. The molecule has 0 unspecified atom stereocenters. The largest absolute Gasteiger partial charge is 0.293 e. The van der Waals surface area contributed by atoms with Crippen molar-refractivity contribution < 1.29 is 9.59 Å². The molecule has 126 valence electrons. The number of halogens is 1. The number of hydrogen-bond acceptors (Lipinski definition) is 3. The zero-order chi connectivity index (χ0) is 18.1. The number of Topliss-reactive ketones (excluding diaryl/α,β-unsaturated/α-hetero) is 2. The third-order valence-corrected chi connectivity index (χ3v) is 4.74. The number of carbonyl (C=O) groups is 2. The van der Waals surface area contributed by atoms with E-state index in [1.165, 1.54) is 0 Å². The maximum absolute atomic E-state index is 13.0. The van der Waals surface area contributed by atoms with Crippen LogP contribution in [-0.2, 0) is 0 Å². The van der Waals surface area contributed by atoms with Gasteiger partial charge in [0.05, 0.1) is 16.4 Å². The highest BCUT2D eigenvalue weighted by molar-refractivity contribution is 6.39. The van der Waals surface area contributed by atoms with Gasteiger partial charge < -0.3 is 0 Å². The van der Waals surface area contributed by atoms with E-state index in [4.69, 9.17) is 11.6 Å². The Morgan fingerprint density at radius 3 is 1.88 bits per heavy atom. The summed E-state index contributed by atoms with van der Waals surface area (Å²) in [6.45, 7) is 0. The number of hydrogen-bond donors (Lipinski definition) is 0. The van der Waals surface area contributed by atoms with Crippen molar-refractivity contribution in [2.24, 2.45) is 10.9 Å². The minimum absolute atomic E-state index is 0.222. The van der Waals surface area contributed by atoms with E-state index in [2.05, 4.69) is 4.99 Å². The maximum Gasteiger partial charge on any atom is 0.180 e. The Hall–Kier alpha value is -3.04. The van der Waals surface area contributed by atoms with Gasteiger partial charge >= 0.3 is 0 Å². The summed E-state index contributed by atoms with van der Waals surface area (Å²) in [5, 5.41) is 0.469. The quantitative estimate of drug-likeness (QED) is 0.479. The number of para-hydroxylation sites is 1. The first-order chi connectivity index (χ1) is 12.7. The van der Waals surface area contributed by atoms with Crippen molar-refractivity contribution in [2.75, 3.05) is 0 Å². The Bertz CT molecular complexity index is 1010. The molecule has 0 fully saturated rings. The summed E-state index contributed by atoms with van der Waals surface area (Å²) in [6, 6.07) is 23.3. The van der Waals surface area contributed by atoms with E-state index in [1.54, 1.807) is 36.4 Å². The Morgan fingerprint density at radius 1 is 0.731 bits per heavy atom. The van der Waals surface area contributed by atoms with E-state index in [-0.39, 0.29) is 11.6 Å². The van der Waals surface area contributed by atoms with Crippen molar-refractivity contribution in [3.05, 3.63) is 101 Å². The van der Waals surface area contributed by atoms with Crippen molar-refractivity contribution in [1.29, 1.82) is 0 Å². The van der Waals surface area contributed by atoms with Gasteiger partial charge in [-0.15, -0.1) is 0 Å². The van der Waals surface area contributed by atoms with Crippen LogP contribution in [0.3, 0.4) is 0 Å². The first kappa shape index (κ1) is 16.4. The highest BCUT2D eigenvalue weighted by atomic mass is 35.5. The average Bonchev–Trinajstić information content (AvgIpc) is 2.93. The molecule has 0 saturated carbocycles. The zero-order valence-electron chi connectivity index (χ0n) is 13.7. The van der Waals surface area contributed by atoms with Crippen LogP contribution in [0, 0.1) is 5.92 Å². The van der Waals surface area contributed by atoms with Crippen LogP contribution < -0.4 is 0 Å². The van der Waals surface area contributed by atoms with Gasteiger partial charge in [0.25, 0.3) is 0 Å². The van der Waals surface area contributed by atoms with Gasteiger partial charge in [0.2, 0.25) is 0 Å². The lowest BCUT2D eigenvalue weighted by molar-refractivity contribution is 0.0884. The van der Waals surface area contributed by atoms with Gasteiger partial charge in [-0.3, -0.25) is 14.6 Å². The predicted molar refractivity (Wildman–Crippen MR) is 103 cm³/mol. The van der Waals surface area contributed by atoms with Gasteiger partial charge in [0.1, 0.15) is 5.92 Å². The van der Waals surface area contributed by atoms with Crippen LogP contribution in [-0.4, -0.2) is 17.3 Å². The van der Waals surface area contributed by atoms with Crippen molar-refractivity contribution in [3.63, 3.8) is 0 Å². The minimum Gasteiger partial charge on any atom is -0.293 e.